The molecule has 2 unspecified atom stereocenters. The Hall–Kier alpha value is 0.110. The van der Waals surface area contributed by atoms with Gasteiger partial charge in [-0.1, -0.05) is 0 Å². The summed E-state index contributed by atoms with van der Waals surface area (Å²) in [6.07, 6.45) is 0.228. The molecule has 0 bridgehead atoms. The van der Waals surface area contributed by atoms with Gasteiger partial charge >= 0.3 is 0 Å². The van der Waals surface area contributed by atoms with E-state index in [0.717, 1.165) is 0 Å². The fourth-order valence-electron chi connectivity index (χ4n) is 1.19. The quantitative estimate of drug-likeness (QED) is 0.554. The highest BCUT2D eigenvalue weighted by Crippen LogP contribution is 2.28. The highest BCUT2D eigenvalue weighted by Gasteiger charge is 2.32. The first-order valence-electron chi connectivity index (χ1n) is 3.22. The van der Waals surface area contributed by atoms with Crippen LogP contribution in [0.4, 0.5) is 8.78 Å². The van der Waals surface area contributed by atoms with Gasteiger partial charge in [-0.25, -0.2) is 8.78 Å². The van der Waals surface area contributed by atoms with E-state index in [1.807, 2.05) is 0 Å². The molecule has 1 fully saturated rings. The van der Waals surface area contributed by atoms with Crippen LogP contribution in [0.3, 0.4) is 0 Å². The van der Waals surface area contributed by atoms with Crippen LogP contribution in [0.25, 0.3) is 0 Å². The van der Waals surface area contributed by atoms with Gasteiger partial charge in [0.15, 0.2) is 5.79 Å². The smallest absolute Gasteiger partial charge is 0.161 e. The lowest BCUT2D eigenvalue weighted by molar-refractivity contribution is 0.0643. The van der Waals surface area contributed by atoms with E-state index in [1.54, 1.807) is 0 Å². The van der Waals surface area contributed by atoms with Crippen molar-refractivity contribution < 1.29 is 8.78 Å². The van der Waals surface area contributed by atoms with Crippen LogP contribution in [0, 0.1) is 0 Å². The minimum atomic E-state index is -1.72. The number of alkyl halides is 2. The average molecular weight is 172 g/mol. The molecule has 1 saturated carbocycles. The number of rotatable bonds is 0. The summed E-state index contributed by atoms with van der Waals surface area (Å²) in [5.41, 5.74) is 5.06. The molecule has 0 aliphatic heterocycles. The summed E-state index contributed by atoms with van der Waals surface area (Å²) in [4.78, 5) is 0. The fourth-order valence-corrected chi connectivity index (χ4v) is 1.19. The SMILES string of the molecule is Cl.NC1(F)CCCC(F)C1. The average Bonchev–Trinajstić information content (AvgIpc) is 1.60. The monoisotopic (exact) mass is 171 g/mol. The molecule has 0 aromatic rings. The molecule has 2 N–H and O–H groups in total. The van der Waals surface area contributed by atoms with E-state index in [-0.39, 0.29) is 18.8 Å². The van der Waals surface area contributed by atoms with Crippen molar-refractivity contribution in [2.45, 2.75) is 37.6 Å². The third-order valence-corrected chi connectivity index (χ3v) is 1.67. The molecular formula is C6H12ClF2N. The minimum Gasteiger partial charge on any atom is -0.299 e. The van der Waals surface area contributed by atoms with E-state index < -0.39 is 12.0 Å². The Bertz CT molecular complexity index is 108. The summed E-state index contributed by atoms with van der Waals surface area (Å²) < 4.78 is 25.0. The third-order valence-electron chi connectivity index (χ3n) is 1.67. The van der Waals surface area contributed by atoms with Crippen molar-refractivity contribution in [1.29, 1.82) is 0 Å². The summed E-state index contributed by atoms with van der Waals surface area (Å²) in [5.74, 6) is -1.72. The van der Waals surface area contributed by atoms with Crippen LogP contribution < -0.4 is 5.73 Å². The molecule has 0 radical (unpaired) electrons. The molecule has 0 amide bonds. The molecule has 4 heteroatoms. The second kappa shape index (κ2) is 3.49. The summed E-state index contributed by atoms with van der Waals surface area (Å²) in [5, 5.41) is 0. The lowest BCUT2D eigenvalue weighted by Crippen LogP contribution is -2.40. The maximum Gasteiger partial charge on any atom is 0.161 e. The Morgan fingerprint density at radius 1 is 1.50 bits per heavy atom. The molecule has 1 rings (SSSR count). The summed E-state index contributed by atoms with van der Waals surface area (Å²) in [7, 11) is 0. The highest BCUT2D eigenvalue weighted by atomic mass is 35.5. The van der Waals surface area contributed by atoms with Gasteiger partial charge in [-0.15, -0.1) is 12.4 Å². The zero-order valence-electron chi connectivity index (χ0n) is 5.65. The van der Waals surface area contributed by atoms with Crippen LogP contribution in [-0.4, -0.2) is 12.0 Å². The number of nitrogens with two attached hydrogens (primary N) is 1. The second-order valence-electron chi connectivity index (χ2n) is 2.73. The molecule has 1 nitrogen and oxygen atoms in total. The van der Waals surface area contributed by atoms with Crippen LogP contribution in [0.2, 0.25) is 0 Å². The summed E-state index contributed by atoms with van der Waals surface area (Å²) in [6, 6.07) is 0. The van der Waals surface area contributed by atoms with Gasteiger partial charge in [0.25, 0.3) is 0 Å². The molecule has 0 saturated heterocycles. The number of hydrogen-bond donors (Lipinski definition) is 1. The molecule has 2 atom stereocenters. The fraction of sp³-hybridized carbons (Fsp3) is 1.00. The molecule has 0 heterocycles. The standard InChI is InChI=1S/C6H11F2N.ClH/c7-5-2-1-3-6(8,9)4-5;/h5H,1-4,9H2;1H. The molecule has 1 aliphatic carbocycles. The molecule has 0 aromatic heterocycles. The van der Waals surface area contributed by atoms with E-state index in [2.05, 4.69) is 0 Å². The molecular weight excluding hydrogens is 160 g/mol. The van der Waals surface area contributed by atoms with E-state index >= 15 is 0 Å². The first-order chi connectivity index (χ1) is 4.10. The van der Waals surface area contributed by atoms with Crippen molar-refractivity contribution in [3.05, 3.63) is 0 Å². The zero-order chi connectivity index (χ0) is 6.91. The normalized spacial score (nSPS) is 40.5. The maximum absolute atomic E-state index is 12.7. The van der Waals surface area contributed by atoms with Gasteiger partial charge in [0, 0.05) is 6.42 Å². The highest BCUT2D eigenvalue weighted by molar-refractivity contribution is 5.85. The second-order valence-corrected chi connectivity index (χ2v) is 2.73. The van der Waals surface area contributed by atoms with Crippen LogP contribution in [0.5, 0.6) is 0 Å². The zero-order valence-corrected chi connectivity index (χ0v) is 6.46. The molecule has 0 aromatic carbocycles. The molecule has 0 spiro atoms. The lowest BCUT2D eigenvalue weighted by atomic mass is 9.92. The Morgan fingerprint density at radius 2 is 2.10 bits per heavy atom. The molecule has 10 heavy (non-hydrogen) atoms. The minimum absolute atomic E-state index is 0. The summed E-state index contributed by atoms with van der Waals surface area (Å²) in [6.45, 7) is 0. The van der Waals surface area contributed by atoms with Gasteiger partial charge in [0.05, 0.1) is 0 Å². The van der Waals surface area contributed by atoms with Crippen molar-refractivity contribution in [2.75, 3.05) is 0 Å². The summed E-state index contributed by atoms with van der Waals surface area (Å²) >= 11 is 0. The van der Waals surface area contributed by atoms with Gasteiger partial charge < -0.3 is 0 Å². The van der Waals surface area contributed by atoms with Crippen LogP contribution in [0.15, 0.2) is 0 Å². The van der Waals surface area contributed by atoms with Gasteiger partial charge in [0.1, 0.15) is 6.17 Å². The van der Waals surface area contributed by atoms with Gasteiger partial charge in [-0.05, 0) is 19.3 Å². The van der Waals surface area contributed by atoms with E-state index in [0.29, 0.717) is 19.3 Å². The number of halogens is 3. The predicted molar refractivity (Wildman–Crippen MR) is 38.6 cm³/mol. The maximum atomic E-state index is 12.7. The Kier molecular flexibility index (Phi) is 3.52. The van der Waals surface area contributed by atoms with Gasteiger partial charge in [-0.2, -0.15) is 0 Å². The Morgan fingerprint density at radius 3 is 2.40 bits per heavy atom. The van der Waals surface area contributed by atoms with E-state index in [4.69, 9.17) is 5.73 Å². The molecule has 62 valence electrons. The van der Waals surface area contributed by atoms with E-state index in [1.165, 1.54) is 0 Å². The van der Waals surface area contributed by atoms with Crippen LogP contribution in [-0.2, 0) is 0 Å². The van der Waals surface area contributed by atoms with E-state index in [9.17, 15) is 8.78 Å². The predicted octanol–water partition coefficient (Wildman–Crippen LogP) is 1.94. The third kappa shape index (κ3) is 2.80. The largest absolute Gasteiger partial charge is 0.299 e. The number of hydrogen-bond acceptors (Lipinski definition) is 1. The van der Waals surface area contributed by atoms with Crippen LogP contribution >= 0.6 is 12.4 Å². The molecule has 1 aliphatic rings. The van der Waals surface area contributed by atoms with Crippen molar-refractivity contribution in [3.63, 3.8) is 0 Å². The van der Waals surface area contributed by atoms with Gasteiger partial charge in [-0.3, -0.25) is 5.73 Å². The van der Waals surface area contributed by atoms with Crippen molar-refractivity contribution in [3.8, 4) is 0 Å². The van der Waals surface area contributed by atoms with Gasteiger partial charge in [0.2, 0.25) is 0 Å². The Labute approximate surface area is 65.4 Å². The van der Waals surface area contributed by atoms with Crippen molar-refractivity contribution >= 4 is 12.4 Å². The van der Waals surface area contributed by atoms with Crippen LogP contribution in [0.1, 0.15) is 25.7 Å². The lowest BCUT2D eigenvalue weighted by Gasteiger charge is -2.26. The topological polar surface area (TPSA) is 26.0 Å². The first-order valence-corrected chi connectivity index (χ1v) is 3.22. The van der Waals surface area contributed by atoms with Crippen molar-refractivity contribution in [1.82, 2.24) is 0 Å². The first kappa shape index (κ1) is 10.1. The van der Waals surface area contributed by atoms with Crippen molar-refractivity contribution in [2.24, 2.45) is 5.73 Å². The Balaban J connectivity index is 0.000000810.